The lowest BCUT2D eigenvalue weighted by molar-refractivity contribution is 0.131. The van der Waals surface area contributed by atoms with Gasteiger partial charge in [0, 0.05) is 26.2 Å². The Morgan fingerprint density at radius 3 is 2.61 bits per heavy atom. The fourth-order valence-corrected chi connectivity index (χ4v) is 2.53. The number of carbonyl (C=O) groups is 1. The average molecular weight is 255 g/mol. The van der Waals surface area contributed by atoms with Crippen molar-refractivity contribution in [3.05, 3.63) is 0 Å². The maximum atomic E-state index is 12.4. The van der Waals surface area contributed by atoms with Gasteiger partial charge < -0.3 is 14.7 Å². The molecule has 0 aromatic rings. The molecule has 0 aromatic heterocycles. The van der Waals surface area contributed by atoms with Crippen molar-refractivity contribution >= 4 is 6.03 Å². The molecule has 106 valence electrons. The van der Waals surface area contributed by atoms with E-state index < -0.39 is 0 Å². The van der Waals surface area contributed by atoms with Crippen LogP contribution in [0.15, 0.2) is 0 Å². The summed E-state index contributed by atoms with van der Waals surface area (Å²) in [6, 6.07) is 0.239. The minimum Gasteiger partial charge on any atom is -0.325 e. The second-order valence-electron chi connectivity index (χ2n) is 5.71. The average Bonchev–Trinajstić information content (AvgIpc) is 2.33. The maximum Gasteiger partial charge on any atom is 0.319 e. The van der Waals surface area contributed by atoms with E-state index in [1.54, 1.807) is 0 Å². The number of piperidine rings is 1. The van der Waals surface area contributed by atoms with Gasteiger partial charge in [0.25, 0.3) is 0 Å². The molecule has 1 heterocycles. The van der Waals surface area contributed by atoms with E-state index in [1.807, 2.05) is 9.80 Å². The van der Waals surface area contributed by atoms with Gasteiger partial charge in [0.1, 0.15) is 0 Å². The maximum absolute atomic E-state index is 12.4. The van der Waals surface area contributed by atoms with Crippen LogP contribution in [0.25, 0.3) is 0 Å². The van der Waals surface area contributed by atoms with Crippen LogP contribution in [0.5, 0.6) is 0 Å². The van der Waals surface area contributed by atoms with Gasteiger partial charge in [-0.25, -0.2) is 4.79 Å². The van der Waals surface area contributed by atoms with Crippen molar-refractivity contribution in [3.8, 4) is 0 Å². The normalized spacial score (nSPS) is 20.3. The molecule has 4 heteroatoms. The van der Waals surface area contributed by atoms with E-state index in [2.05, 4.69) is 32.8 Å². The Morgan fingerprint density at radius 2 is 2.06 bits per heavy atom. The molecule has 0 spiro atoms. The molecule has 1 fully saturated rings. The van der Waals surface area contributed by atoms with Crippen LogP contribution in [-0.2, 0) is 0 Å². The largest absolute Gasteiger partial charge is 0.325 e. The Morgan fingerprint density at radius 1 is 1.33 bits per heavy atom. The molecule has 1 saturated heterocycles. The van der Waals surface area contributed by atoms with Gasteiger partial charge in [0.05, 0.1) is 0 Å². The van der Waals surface area contributed by atoms with Crippen molar-refractivity contribution in [2.75, 3.05) is 46.8 Å². The minimum absolute atomic E-state index is 0.239. The van der Waals surface area contributed by atoms with Crippen LogP contribution in [0.3, 0.4) is 0 Å². The summed E-state index contributed by atoms with van der Waals surface area (Å²) in [5.74, 6) is 0.656. The molecule has 1 aliphatic rings. The van der Waals surface area contributed by atoms with Crippen molar-refractivity contribution < 1.29 is 4.79 Å². The van der Waals surface area contributed by atoms with Gasteiger partial charge in [0.2, 0.25) is 0 Å². The summed E-state index contributed by atoms with van der Waals surface area (Å²) in [6.07, 6.45) is 3.47. The van der Waals surface area contributed by atoms with Crippen LogP contribution in [-0.4, -0.2) is 67.5 Å². The van der Waals surface area contributed by atoms with Crippen LogP contribution >= 0.6 is 0 Å². The summed E-state index contributed by atoms with van der Waals surface area (Å²) in [5.41, 5.74) is 0. The molecular formula is C14H29N3O. The number of hydrogen-bond acceptors (Lipinski definition) is 2. The molecule has 1 unspecified atom stereocenters. The van der Waals surface area contributed by atoms with E-state index in [1.165, 1.54) is 6.42 Å². The number of urea groups is 1. The molecule has 1 atom stereocenters. The van der Waals surface area contributed by atoms with Gasteiger partial charge in [-0.3, -0.25) is 0 Å². The first-order chi connectivity index (χ1) is 8.54. The molecule has 2 amide bonds. The summed E-state index contributed by atoms with van der Waals surface area (Å²) in [4.78, 5) is 18.6. The zero-order valence-corrected chi connectivity index (χ0v) is 12.5. The van der Waals surface area contributed by atoms with Crippen LogP contribution in [0.1, 0.15) is 33.1 Å². The number of likely N-dealkylation sites (tertiary alicyclic amines) is 1. The zero-order chi connectivity index (χ0) is 13.5. The van der Waals surface area contributed by atoms with E-state index >= 15 is 0 Å². The first kappa shape index (κ1) is 15.3. The predicted octanol–water partition coefficient (Wildman–Crippen LogP) is 2.11. The summed E-state index contributed by atoms with van der Waals surface area (Å²) in [6.45, 7) is 8.91. The van der Waals surface area contributed by atoms with Crippen molar-refractivity contribution in [2.24, 2.45) is 5.92 Å². The molecule has 1 aliphatic heterocycles. The van der Waals surface area contributed by atoms with E-state index in [-0.39, 0.29) is 6.03 Å². The lowest BCUT2D eigenvalue weighted by Crippen LogP contribution is -2.47. The Balaban J connectivity index is 2.40. The quantitative estimate of drug-likeness (QED) is 0.752. The Hall–Kier alpha value is -0.770. The van der Waals surface area contributed by atoms with Gasteiger partial charge in [-0.2, -0.15) is 0 Å². The van der Waals surface area contributed by atoms with Crippen molar-refractivity contribution in [1.82, 2.24) is 14.7 Å². The highest BCUT2D eigenvalue weighted by Gasteiger charge is 2.24. The van der Waals surface area contributed by atoms with Gasteiger partial charge in [-0.15, -0.1) is 0 Å². The van der Waals surface area contributed by atoms with E-state index in [4.69, 9.17) is 0 Å². The molecule has 0 radical (unpaired) electrons. The van der Waals surface area contributed by atoms with E-state index in [9.17, 15) is 4.79 Å². The van der Waals surface area contributed by atoms with E-state index in [0.717, 1.165) is 45.6 Å². The van der Waals surface area contributed by atoms with Crippen LogP contribution in [0, 0.1) is 5.92 Å². The highest BCUT2D eigenvalue weighted by atomic mass is 16.2. The number of nitrogens with zero attached hydrogens (tertiary/aromatic N) is 3. The molecule has 18 heavy (non-hydrogen) atoms. The Bertz CT molecular complexity index is 255. The molecule has 0 aromatic carbocycles. The van der Waals surface area contributed by atoms with Crippen LogP contribution in [0.4, 0.5) is 4.79 Å². The molecule has 0 bridgehead atoms. The second kappa shape index (κ2) is 7.62. The van der Waals surface area contributed by atoms with Crippen LogP contribution < -0.4 is 0 Å². The third-order valence-electron chi connectivity index (χ3n) is 3.61. The Labute approximate surface area is 112 Å². The van der Waals surface area contributed by atoms with Crippen molar-refractivity contribution in [1.29, 1.82) is 0 Å². The summed E-state index contributed by atoms with van der Waals surface area (Å²) < 4.78 is 0. The van der Waals surface area contributed by atoms with Gasteiger partial charge >= 0.3 is 6.03 Å². The first-order valence-electron chi connectivity index (χ1n) is 7.23. The molecule has 0 saturated carbocycles. The first-order valence-corrected chi connectivity index (χ1v) is 7.23. The molecule has 4 nitrogen and oxygen atoms in total. The third-order valence-corrected chi connectivity index (χ3v) is 3.61. The molecular weight excluding hydrogens is 226 g/mol. The molecule has 0 aliphatic carbocycles. The fourth-order valence-electron chi connectivity index (χ4n) is 2.53. The number of rotatable bonds is 5. The number of carbonyl (C=O) groups excluding carboxylic acids is 1. The predicted molar refractivity (Wildman–Crippen MR) is 75.8 cm³/mol. The van der Waals surface area contributed by atoms with Crippen molar-refractivity contribution in [3.63, 3.8) is 0 Å². The summed E-state index contributed by atoms with van der Waals surface area (Å²) in [5, 5.41) is 0. The molecule has 0 N–H and O–H groups in total. The SMILES string of the molecule is CCN(CCCN(C)C)C(=O)N1CCCC(C)C1. The smallest absolute Gasteiger partial charge is 0.319 e. The lowest BCUT2D eigenvalue weighted by Gasteiger charge is -2.35. The van der Waals surface area contributed by atoms with Gasteiger partial charge in [0.15, 0.2) is 0 Å². The second-order valence-corrected chi connectivity index (χ2v) is 5.71. The lowest BCUT2D eigenvalue weighted by atomic mass is 10.0. The number of amides is 2. The third kappa shape index (κ3) is 4.84. The van der Waals surface area contributed by atoms with Gasteiger partial charge in [-0.05, 0) is 52.7 Å². The molecule has 1 rings (SSSR count). The topological polar surface area (TPSA) is 26.8 Å². The van der Waals surface area contributed by atoms with Crippen molar-refractivity contribution in [2.45, 2.75) is 33.1 Å². The highest BCUT2D eigenvalue weighted by molar-refractivity contribution is 5.74. The zero-order valence-electron chi connectivity index (χ0n) is 12.5. The summed E-state index contributed by atoms with van der Waals surface area (Å²) >= 11 is 0. The monoisotopic (exact) mass is 255 g/mol. The number of hydrogen-bond donors (Lipinski definition) is 0. The summed E-state index contributed by atoms with van der Waals surface area (Å²) in [7, 11) is 4.15. The van der Waals surface area contributed by atoms with Gasteiger partial charge in [-0.1, -0.05) is 6.92 Å². The fraction of sp³-hybridized carbons (Fsp3) is 0.929. The minimum atomic E-state index is 0.239. The highest BCUT2D eigenvalue weighted by Crippen LogP contribution is 2.16. The Kier molecular flexibility index (Phi) is 6.47. The van der Waals surface area contributed by atoms with E-state index in [0.29, 0.717) is 5.92 Å². The standard InChI is InChI=1S/C14H29N3O/c1-5-16(11-7-9-15(3)4)14(18)17-10-6-8-13(2)12-17/h13H,5-12H2,1-4H3. The van der Waals surface area contributed by atoms with Crippen LogP contribution in [0.2, 0.25) is 0 Å².